The van der Waals surface area contributed by atoms with E-state index in [1.54, 1.807) is 0 Å². The molecule has 0 aromatic rings. The monoisotopic (exact) mass is 173 g/mol. The SMILES string of the molecule is O=[P+]([O-])C1CC2CCN1CC2. The largest absolute Gasteiger partial charge is 0.594 e. The van der Waals surface area contributed by atoms with Crippen molar-refractivity contribution in [2.45, 2.75) is 25.0 Å². The number of nitrogens with zero attached hydrogens (tertiary/aromatic N) is 1. The molecule has 0 N–H and O–H groups in total. The summed E-state index contributed by atoms with van der Waals surface area (Å²) in [6, 6.07) is 0. The van der Waals surface area contributed by atoms with Crippen LogP contribution in [0.25, 0.3) is 0 Å². The lowest BCUT2D eigenvalue weighted by molar-refractivity contribution is -0.172. The number of rotatable bonds is 1. The van der Waals surface area contributed by atoms with Crippen molar-refractivity contribution >= 4 is 8.03 Å². The van der Waals surface area contributed by atoms with Crippen molar-refractivity contribution in [3.05, 3.63) is 0 Å². The van der Waals surface area contributed by atoms with Crippen LogP contribution in [-0.2, 0) is 4.57 Å². The maximum atomic E-state index is 10.7. The van der Waals surface area contributed by atoms with Crippen molar-refractivity contribution in [1.82, 2.24) is 4.90 Å². The van der Waals surface area contributed by atoms with Crippen LogP contribution >= 0.6 is 8.03 Å². The zero-order valence-corrected chi connectivity index (χ0v) is 7.30. The van der Waals surface area contributed by atoms with Crippen molar-refractivity contribution in [1.29, 1.82) is 0 Å². The second-order valence-corrected chi connectivity index (χ2v) is 4.65. The summed E-state index contributed by atoms with van der Waals surface area (Å²) in [7, 11) is -2.21. The second kappa shape index (κ2) is 2.81. The highest BCUT2D eigenvalue weighted by atomic mass is 31.1. The molecule has 3 nitrogen and oxygen atoms in total. The zero-order valence-electron chi connectivity index (χ0n) is 6.40. The Kier molecular flexibility index (Phi) is 1.96. The minimum Gasteiger partial charge on any atom is -0.594 e. The molecule has 3 saturated heterocycles. The molecular weight excluding hydrogens is 161 g/mol. The van der Waals surface area contributed by atoms with Crippen LogP contribution in [0.4, 0.5) is 0 Å². The van der Waals surface area contributed by atoms with Gasteiger partial charge in [0.05, 0.1) is 0 Å². The molecule has 2 unspecified atom stereocenters. The van der Waals surface area contributed by atoms with Crippen LogP contribution in [0.5, 0.6) is 0 Å². The van der Waals surface area contributed by atoms with Gasteiger partial charge in [-0.3, -0.25) is 4.90 Å². The van der Waals surface area contributed by atoms with Crippen LogP contribution in [0.15, 0.2) is 0 Å². The first-order valence-electron chi connectivity index (χ1n) is 4.15. The predicted molar refractivity (Wildman–Crippen MR) is 40.3 cm³/mol. The Morgan fingerprint density at radius 1 is 1.36 bits per heavy atom. The molecule has 3 heterocycles. The molecule has 11 heavy (non-hydrogen) atoms. The first-order chi connectivity index (χ1) is 5.27. The summed E-state index contributed by atoms with van der Waals surface area (Å²) < 4.78 is 10.7. The van der Waals surface area contributed by atoms with Gasteiger partial charge in [0.25, 0.3) is 0 Å². The normalized spacial score (nSPS) is 44.1. The van der Waals surface area contributed by atoms with Crippen LogP contribution in [0, 0.1) is 5.92 Å². The highest BCUT2D eigenvalue weighted by Crippen LogP contribution is 2.39. The summed E-state index contributed by atoms with van der Waals surface area (Å²) in [6.45, 7) is 2.00. The quantitative estimate of drug-likeness (QED) is 0.543. The van der Waals surface area contributed by atoms with Gasteiger partial charge in [0.1, 0.15) is 0 Å². The fourth-order valence-electron chi connectivity index (χ4n) is 2.15. The Hall–Kier alpha value is 0.0200. The van der Waals surface area contributed by atoms with Crippen molar-refractivity contribution < 1.29 is 9.46 Å². The predicted octanol–water partition coefficient (Wildman–Crippen LogP) is 0.531. The number of fused-ring (bicyclic) bond motifs is 3. The van der Waals surface area contributed by atoms with Gasteiger partial charge >= 0.3 is 8.03 Å². The third kappa shape index (κ3) is 1.33. The lowest BCUT2D eigenvalue weighted by atomic mass is 9.88. The van der Waals surface area contributed by atoms with E-state index >= 15 is 0 Å². The molecule has 3 fully saturated rings. The van der Waals surface area contributed by atoms with E-state index < -0.39 is 8.03 Å². The molecule has 0 spiro atoms. The second-order valence-electron chi connectivity index (χ2n) is 3.48. The Morgan fingerprint density at radius 3 is 2.27 bits per heavy atom. The first kappa shape index (κ1) is 7.66. The lowest BCUT2D eigenvalue weighted by Crippen LogP contribution is -2.47. The van der Waals surface area contributed by atoms with Crippen LogP contribution in [0.3, 0.4) is 0 Å². The number of piperidine rings is 3. The summed E-state index contributed by atoms with van der Waals surface area (Å²) in [5.41, 5.74) is 0. The Morgan fingerprint density at radius 2 is 2.00 bits per heavy atom. The van der Waals surface area contributed by atoms with Gasteiger partial charge in [-0.1, -0.05) is 4.57 Å². The molecule has 0 aliphatic carbocycles. The number of hydrogen-bond acceptors (Lipinski definition) is 3. The van der Waals surface area contributed by atoms with Gasteiger partial charge in [0.2, 0.25) is 5.78 Å². The molecule has 0 aromatic heterocycles. The van der Waals surface area contributed by atoms with E-state index in [9.17, 15) is 9.46 Å². The summed E-state index contributed by atoms with van der Waals surface area (Å²) in [6.07, 6.45) is 3.30. The van der Waals surface area contributed by atoms with E-state index in [2.05, 4.69) is 4.90 Å². The topological polar surface area (TPSA) is 43.4 Å². The van der Waals surface area contributed by atoms with E-state index in [0.717, 1.165) is 19.5 Å². The van der Waals surface area contributed by atoms with Gasteiger partial charge in [-0.05, 0) is 18.8 Å². The maximum absolute atomic E-state index is 10.7. The Bertz CT molecular complexity index is 177. The van der Waals surface area contributed by atoms with Gasteiger partial charge in [0, 0.05) is 19.5 Å². The van der Waals surface area contributed by atoms with E-state index in [1.165, 1.54) is 12.8 Å². The molecule has 0 saturated carbocycles. The van der Waals surface area contributed by atoms with Crippen LogP contribution in [0.2, 0.25) is 0 Å². The fraction of sp³-hybridized carbons (Fsp3) is 1.00. The number of hydrogen-bond donors (Lipinski definition) is 0. The van der Waals surface area contributed by atoms with E-state index in [0.29, 0.717) is 5.92 Å². The molecule has 0 aromatic carbocycles. The molecule has 4 heteroatoms. The molecule has 0 radical (unpaired) electrons. The van der Waals surface area contributed by atoms with Crippen molar-refractivity contribution in [3.63, 3.8) is 0 Å². The van der Waals surface area contributed by atoms with E-state index in [-0.39, 0.29) is 5.78 Å². The van der Waals surface area contributed by atoms with Crippen LogP contribution in [-0.4, -0.2) is 23.8 Å². The third-order valence-electron chi connectivity index (χ3n) is 2.86. The van der Waals surface area contributed by atoms with Crippen molar-refractivity contribution in [3.8, 4) is 0 Å². The minimum atomic E-state index is -2.21. The first-order valence-corrected chi connectivity index (χ1v) is 5.39. The summed E-state index contributed by atoms with van der Waals surface area (Å²) in [5, 5.41) is 0. The van der Waals surface area contributed by atoms with Gasteiger partial charge in [-0.25, -0.2) is 0 Å². The van der Waals surface area contributed by atoms with Gasteiger partial charge < -0.3 is 4.89 Å². The molecule has 3 rings (SSSR count). The van der Waals surface area contributed by atoms with Gasteiger partial charge in [-0.15, -0.1) is 0 Å². The lowest BCUT2D eigenvalue weighted by Gasteiger charge is -2.40. The maximum Gasteiger partial charge on any atom is 0.328 e. The standard InChI is InChI=1S/C7H12NO2P/c9-11(10)7-5-6-1-3-8(7)4-2-6/h6-7H,1-5H2. The van der Waals surface area contributed by atoms with Crippen molar-refractivity contribution in [2.75, 3.05) is 13.1 Å². The summed E-state index contributed by atoms with van der Waals surface area (Å²) in [4.78, 5) is 12.8. The molecular formula is C7H12NO2P. The molecule has 3 aliphatic rings. The van der Waals surface area contributed by atoms with E-state index in [4.69, 9.17) is 0 Å². The van der Waals surface area contributed by atoms with Gasteiger partial charge in [-0.2, -0.15) is 0 Å². The van der Waals surface area contributed by atoms with Crippen LogP contribution in [0.1, 0.15) is 19.3 Å². The van der Waals surface area contributed by atoms with Gasteiger partial charge in [0.15, 0.2) is 0 Å². The molecule has 3 aliphatic heterocycles. The molecule has 62 valence electrons. The molecule has 0 amide bonds. The highest BCUT2D eigenvalue weighted by Gasteiger charge is 2.40. The Labute approximate surface area is 67.3 Å². The summed E-state index contributed by atoms with van der Waals surface area (Å²) in [5.74, 6) is 0.565. The zero-order chi connectivity index (χ0) is 7.84. The average molecular weight is 173 g/mol. The average Bonchev–Trinajstić information content (AvgIpc) is 2.06. The fourth-order valence-corrected chi connectivity index (χ4v) is 3.12. The minimum absolute atomic E-state index is 0.127. The molecule has 2 bridgehead atoms. The smallest absolute Gasteiger partial charge is 0.328 e. The summed E-state index contributed by atoms with van der Waals surface area (Å²) >= 11 is 0. The molecule has 2 atom stereocenters. The third-order valence-corrected chi connectivity index (χ3v) is 3.88. The highest BCUT2D eigenvalue weighted by molar-refractivity contribution is 7.37. The van der Waals surface area contributed by atoms with E-state index in [1.807, 2.05) is 0 Å². The van der Waals surface area contributed by atoms with Crippen molar-refractivity contribution in [2.24, 2.45) is 5.92 Å². The Balaban J connectivity index is 2.08. The van der Waals surface area contributed by atoms with Crippen LogP contribution < -0.4 is 4.89 Å².